The molecular formula is C4H9NO2S. The van der Waals surface area contributed by atoms with Crippen LogP contribution in [-0.4, -0.2) is 27.1 Å². The lowest BCUT2D eigenvalue weighted by Crippen LogP contribution is -2.17. The van der Waals surface area contributed by atoms with Crippen molar-refractivity contribution in [2.45, 2.75) is 11.7 Å². The number of hydrogen-bond donors (Lipinski definition) is 2. The number of nitrogens with one attached hydrogen (secondary N) is 1. The molecule has 2 N–H and O–H groups in total. The van der Waals surface area contributed by atoms with Crippen LogP contribution in [0.2, 0.25) is 0 Å². The van der Waals surface area contributed by atoms with Crippen molar-refractivity contribution in [1.29, 1.82) is 0 Å². The molecule has 48 valence electrons. The van der Waals surface area contributed by atoms with Crippen LogP contribution in [0.3, 0.4) is 0 Å². The molecule has 0 amide bonds. The topological polar surface area (TPSA) is 49.3 Å². The van der Waals surface area contributed by atoms with E-state index in [0.717, 1.165) is 13.0 Å². The summed E-state index contributed by atoms with van der Waals surface area (Å²) in [4.78, 5) is 0. The molecule has 2 unspecified atom stereocenters. The van der Waals surface area contributed by atoms with Gasteiger partial charge in [-0.05, 0) is 13.0 Å². The third kappa shape index (κ3) is 1.27. The zero-order chi connectivity index (χ0) is 5.98. The van der Waals surface area contributed by atoms with Gasteiger partial charge in [-0.15, -0.1) is 0 Å². The van der Waals surface area contributed by atoms with Gasteiger partial charge in [0.2, 0.25) is 0 Å². The molecule has 1 heterocycles. The van der Waals surface area contributed by atoms with Crippen LogP contribution in [0.4, 0.5) is 0 Å². The third-order valence-electron chi connectivity index (χ3n) is 1.30. The summed E-state index contributed by atoms with van der Waals surface area (Å²) in [5.74, 6) is 0. The molecule has 1 rings (SSSR count). The highest BCUT2D eigenvalue weighted by Crippen LogP contribution is 2.02. The summed E-state index contributed by atoms with van der Waals surface area (Å²) in [7, 11) is 0. The van der Waals surface area contributed by atoms with Crippen LogP contribution in [0, 0.1) is 0 Å². The van der Waals surface area contributed by atoms with Crippen LogP contribution < -0.4 is 5.32 Å². The minimum absolute atomic E-state index is 0.0185. The van der Waals surface area contributed by atoms with E-state index in [4.69, 9.17) is 4.55 Å². The van der Waals surface area contributed by atoms with Gasteiger partial charge in [0, 0.05) is 6.54 Å². The van der Waals surface area contributed by atoms with Gasteiger partial charge in [-0.1, -0.05) is 0 Å². The summed E-state index contributed by atoms with van der Waals surface area (Å²) in [5.41, 5.74) is 0. The van der Waals surface area contributed by atoms with E-state index in [9.17, 15) is 4.21 Å². The third-order valence-corrected chi connectivity index (χ3v) is 2.27. The highest BCUT2D eigenvalue weighted by atomic mass is 32.2. The minimum Gasteiger partial charge on any atom is -0.315 e. The summed E-state index contributed by atoms with van der Waals surface area (Å²) in [5, 5.41) is 2.98. The second-order valence-corrected chi connectivity index (χ2v) is 3.11. The van der Waals surface area contributed by atoms with Gasteiger partial charge in [0.25, 0.3) is 0 Å². The molecule has 1 aliphatic rings. The molecule has 1 saturated heterocycles. The second-order valence-electron chi connectivity index (χ2n) is 1.89. The molecule has 0 radical (unpaired) electrons. The van der Waals surface area contributed by atoms with Crippen molar-refractivity contribution < 1.29 is 8.76 Å². The minimum atomic E-state index is -1.60. The molecule has 0 aliphatic carbocycles. The second kappa shape index (κ2) is 2.57. The SMILES string of the molecule is O=S(O)C1CCNC1. The summed E-state index contributed by atoms with van der Waals surface area (Å²) in [6, 6.07) is 0. The van der Waals surface area contributed by atoms with Crippen molar-refractivity contribution in [2.75, 3.05) is 13.1 Å². The number of hydrogen-bond acceptors (Lipinski definition) is 2. The first-order valence-corrected chi connectivity index (χ1v) is 3.78. The summed E-state index contributed by atoms with van der Waals surface area (Å²) in [6.07, 6.45) is 0.836. The molecule has 0 aromatic heterocycles. The average Bonchev–Trinajstić information content (AvgIpc) is 2.12. The molecule has 0 saturated carbocycles. The Kier molecular flexibility index (Phi) is 1.99. The quantitative estimate of drug-likeness (QED) is 0.480. The average molecular weight is 135 g/mol. The van der Waals surface area contributed by atoms with E-state index < -0.39 is 11.1 Å². The van der Waals surface area contributed by atoms with E-state index in [1.807, 2.05) is 0 Å². The lowest BCUT2D eigenvalue weighted by Gasteiger charge is -1.97. The largest absolute Gasteiger partial charge is 0.315 e. The summed E-state index contributed by atoms with van der Waals surface area (Å²) >= 11 is -1.60. The maximum Gasteiger partial charge on any atom is 0.157 e. The van der Waals surface area contributed by atoms with Crippen molar-refractivity contribution in [2.24, 2.45) is 0 Å². The van der Waals surface area contributed by atoms with E-state index in [1.165, 1.54) is 0 Å². The highest BCUT2D eigenvalue weighted by Gasteiger charge is 2.18. The van der Waals surface area contributed by atoms with Crippen LogP contribution in [0.1, 0.15) is 6.42 Å². The Balaban J connectivity index is 2.35. The van der Waals surface area contributed by atoms with E-state index in [2.05, 4.69) is 5.32 Å². The molecule has 0 aromatic rings. The molecule has 0 spiro atoms. The van der Waals surface area contributed by atoms with E-state index in [0.29, 0.717) is 6.54 Å². The molecule has 0 aromatic carbocycles. The van der Waals surface area contributed by atoms with Gasteiger partial charge in [0.05, 0.1) is 5.25 Å². The van der Waals surface area contributed by atoms with Crippen molar-refractivity contribution in [3.05, 3.63) is 0 Å². The summed E-state index contributed by atoms with van der Waals surface area (Å²) in [6.45, 7) is 1.58. The first kappa shape index (κ1) is 6.19. The van der Waals surface area contributed by atoms with Gasteiger partial charge in [0.1, 0.15) is 0 Å². The fraction of sp³-hybridized carbons (Fsp3) is 1.00. The van der Waals surface area contributed by atoms with Crippen LogP contribution in [0.25, 0.3) is 0 Å². The Labute approximate surface area is 50.8 Å². The van der Waals surface area contributed by atoms with Crippen molar-refractivity contribution in [3.8, 4) is 0 Å². The first-order valence-electron chi connectivity index (χ1n) is 2.61. The Morgan fingerprint density at radius 1 is 1.75 bits per heavy atom. The summed E-state index contributed by atoms with van der Waals surface area (Å²) < 4.78 is 18.8. The maximum atomic E-state index is 10.3. The first-order chi connectivity index (χ1) is 3.80. The monoisotopic (exact) mass is 135 g/mol. The Hall–Kier alpha value is 0.0700. The molecule has 1 aliphatic heterocycles. The maximum absolute atomic E-state index is 10.3. The lowest BCUT2D eigenvalue weighted by atomic mass is 10.4. The molecule has 3 nitrogen and oxygen atoms in total. The molecule has 1 fully saturated rings. The van der Waals surface area contributed by atoms with Gasteiger partial charge < -0.3 is 9.87 Å². The van der Waals surface area contributed by atoms with Crippen LogP contribution in [0.5, 0.6) is 0 Å². The van der Waals surface area contributed by atoms with Gasteiger partial charge in [-0.3, -0.25) is 0 Å². The highest BCUT2D eigenvalue weighted by molar-refractivity contribution is 7.79. The van der Waals surface area contributed by atoms with Crippen LogP contribution in [0.15, 0.2) is 0 Å². The van der Waals surface area contributed by atoms with Gasteiger partial charge in [-0.25, -0.2) is 4.21 Å². The van der Waals surface area contributed by atoms with Crippen LogP contribution in [-0.2, 0) is 11.1 Å². The predicted molar refractivity (Wildman–Crippen MR) is 32.0 cm³/mol. The fourth-order valence-electron chi connectivity index (χ4n) is 0.800. The lowest BCUT2D eigenvalue weighted by molar-refractivity contribution is 0.550. The molecule has 4 heteroatoms. The number of rotatable bonds is 1. The Morgan fingerprint density at radius 2 is 2.50 bits per heavy atom. The smallest absolute Gasteiger partial charge is 0.157 e. The van der Waals surface area contributed by atoms with E-state index >= 15 is 0 Å². The fourth-order valence-corrected chi connectivity index (χ4v) is 1.38. The predicted octanol–water partition coefficient (Wildman–Crippen LogP) is -0.430. The van der Waals surface area contributed by atoms with Gasteiger partial charge in [0.15, 0.2) is 11.1 Å². The molecule has 2 atom stereocenters. The molecular weight excluding hydrogens is 126 g/mol. The van der Waals surface area contributed by atoms with Crippen molar-refractivity contribution in [1.82, 2.24) is 5.32 Å². The molecule has 8 heavy (non-hydrogen) atoms. The van der Waals surface area contributed by atoms with Crippen molar-refractivity contribution in [3.63, 3.8) is 0 Å². The Morgan fingerprint density at radius 3 is 2.75 bits per heavy atom. The zero-order valence-corrected chi connectivity index (χ0v) is 5.28. The zero-order valence-electron chi connectivity index (χ0n) is 4.46. The van der Waals surface area contributed by atoms with E-state index in [1.54, 1.807) is 0 Å². The van der Waals surface area contributed by atoms with Crippen LogP contribution >= 0.6 is 0 Å². The normalized spacial score (nSPS) is 32.9. The Bertz CT molecular complexity index is 100. The standard InChI is InChI=1S/C4H9NO2S/c6-8(7)4-1-2-5-3-4/h4-5H,1-3H2,(H,6,7). The van der Waals surface area contributed by atoms with Crippen molar-refractivity contribution >= 4 is 11.1 Å². The molecule has 0 bridgehead atoms. The van der Waals surface area contributed by atoms with Gasteiger partial charge >= 0.3 is 0 Å². The van der Waals surface area contributed by atoms with Gasteiger partial charge in [-0.2, -0.15) is 0 Å². The van der Waals surface area contributed by atoms with E-state index in [-0.39, 0.29) is 5.25 Å².